The number of sulfonamides is 1. The highest BCUT2D eigenvalue weighted by Gasteiger charge is 2.30. The van der Waals surface area contributed by atoms with E-state index in [0.717, 1.165) is 23.5 Å². The number of hydrogen-bond acceptors (Lipinski definition) is 6. The summed E-state index contributed by atoms with van der Waals surface area (Å²) in [7, 11) is -3.71. The maximum atomic E-state index is 12.8. The molecule has 3 aromatic heterocycles. The Morgan fingerprint density at radius 2 is 1.71 bits per heavy atom. The minimum Gasteiger partial charge on any atom is -0.262 e. The van der Waals surface area contributed by atoms with E-state index in [1.54, 1.807) is 35.9 Å². The van der Waals surface area contributed by atoms with Crippen molar-refractivity contribution in [2.75, 3.05) is 4.72 Å². The highest BCUT2D eigenvalue weighted by molar-refractivity contribution is 7.94. The molecule has 4 aromatic rings. The second kappa shape index (κ2) is 8.06. The van der Waals surface area contributed by atoms with E-state index in [-0.39, 0.29) is 10.0 Å². The van der Waals surface area contributed by atoms with Crippen molar-refractivity contribution in [3.05, 3.63) is 70.5 Å². The van der Waals surface area contributed by atoms with Gasteiger partial charge >= 0.3 is 6.18 Å². The molecule has 0 radical (unpaired) electrons. The number of halogens is 3. The van der Waals surface area contributed by atoms with Crippen molar-refractivity contribution in [3.63, 3.8) is 0 Å². The summed E-state index contributed by atoms with van der Waals surface area (Å²) in [5.41, 5.74) is 1.73. The smallest absolute Gasteiger partial charge is 0.262 e. The van der Waals surface area contributed by atoms with Crippen LogP contribution in [0.1, 0.15) is 11.3 Å². The van der Waals surface area contributed by atoms with Crippen molar-refractivity contribution in [3.8, 4) is 21.8 Å². The lowest BCUT2D eigenvalue weighted by Gasteiger charge is -2.09. The number of pyridine rings is 1. The van der Waals surface area contributed by atoms with Crippen LogP contribution >= 0.6 is 22.7 Å². The maximum Gasteiger partial charge on any atom is 0.416 e. The molecular weight excluding hydrogens is 467 g/mol. The van der Waals surface area contributed by atoms with Crippen LogP contribution in [0, 0.1) is 6.92 Å². The van der Waals surface area contributed by atoms with E-state index >= 15 is 0 Å². The molecule has 5 nitrogen and oxygen atoms in total. The van der Waals surface area contributed by atoms with Gasteiger partial charge in [-0.2, -0.15) is 13.2 Å². The van der Waals surface area contributed by atoms with Crippen molar-refractivity contribution >= 4 is 38.5 Å². The summed E-state index contributed by atoms with van der Waals surface area (Å²) in [6.07, 6.45) is -4.40. The Hall–Kier alpha value is -2.76. The molecule has 4 rings (SSSR count). The van der Waals surface area contributed by atoms with Crippen LogP contribution in [0.25, 0.3) is 21.8 Å². The van der Waals surface area contributed by atoms with Crippen molar-refractivity contribution < 1.29 is 21.6 Å². The molecule has 0 unspecified atom stereocenters. The zero-order valence-electron chi connectivity index (χ0n) is 15.8. The summed E-state index contributed by atoms with van der Waals surface area (Å²) in [6, 6.07) is 11.5. The summed E-state index contributed by atoms with van der Waals surface area (Å²) in [5, 5.41) is 3.73. The summed E-state index contributed by atoms with van der Waals surface area (Å²) in [4.78, 5) is 8.76. The number of aryl methyl sites for hydroxylation is 1. The predicted octanol–water partition coefficient (Wildman–Crippen LogP) is 6.06. The average molecular weight is 482 g/mol. The van der Waals surface area contributed by atoms with Gasteiger partial charge in [-0.1, -0.05) is 18.2 Å². The van der Waals surface area contributed by atoms with Gasteiger partial charge in [0.05, 0.1) is 11.3 Å². The molecule has 0 saturated heterocycles. The van der Waals surface area contributed by atoms with E-state index in [1.165, 1.54) is 29.5 Å². The van der Waals surface area contributed by atoms with Gasteiger partial charge in [-0.05, 0) is 53.8 Å². The molecule has 31 heavy (non-hydrogen) atoms. The van der Waals surface area contributed by atoms with Crippen LogP contribution in [-0.4, -0.2) is 18.4 Å². The molecule has 0 spiro atoms. The van der Waals surface area contributed by atoms with Crippen LogP contribution in [0.4, 0.5) is 19.0 Å². The zero-order chi connectivity index (χ0) is 22.2. The lowest BCUT2D eigenvalue weighted by molar-refractivity contribution is -0.137. The molecule has 1 aromatic carbocycles. The summed E-state index contributed by atoms with van der Waals surface area (Å²) < 4.78 is 65.8. The van der Waals surface area contributed by atoms with Crippen molar-refractivity contribution in [2.24, 2.45) is 0 Å². The molecular formula is C20H14F3N3O2S3. The molecule has 0 saturated carbocycles. The molecule has 0 aliphatic rings. The third-order valence-corrected chi connectivity index (χ3v) is 7.84. The van der Waals surface area contributed by atoms with Gasteiger partial charge in [0.1, 0.15) is 9.22 Å². The molecule has 0 atom stereocenters. The zero-order valence-corrected chi connectivity index (χ0v) is 18.3. The average Bonchev–Trinajstić information content (AvgIpc) is 3.39. The Bertz CT molecular complexity index is 1310. The highest BCUT2D eigenvalue weighted by atomic mass is 32.2. The van der Waals surface area contributed by atoms with Crippen LogP contribution in [0.3, 0.4) is 0 Å². The number of benzene rings is 1. The fraction of sp³-hybridized carbons (Fsp3) is 0.100. The Kier molecular flexibility index (Phi) is 5.58. The second-order valence-electron chi connectivity index (χ2n) is 6.53. The molecule has 3 heterocycles. The van der Waals surface area contributed by atoms with E-state index in [4.69, 9.17) is 0 Å². The minimum atomic E-state index is -4.40. The number of nitrogens with zero attached hydrogens (tertiary/aromatic N) is 2. The van der Waals surface area contributed by atoms with Gasteiger partial charge in [-0.3, -0.25) is 9.71 Å². The third kappa shape index (κ3) is 4.78. The number of anilines is 1. The van der Waals surface area contributed by atoms with Crippen molar-refractivity contribution in [1.29, 1.82) is 0 Å². The Morgan fingerprint density at radius 3 is 2.35 bits per heavy atom. The van der Waals surface area contributed by atoms with E-state index in [1.807, 2.05) is 0 Å². The topological polar surface area (TPSA) is 72.0 Å². The lowest BCUT2D eigenvalue weighted by atomic mass is 10.0. The molecule has 0 aliphatic carbocycles. The molecule has 0 amide bonds. The Morgan fingerprint density at radius 1 is 0.968 bits per heavy atom. The SMILES string of the molecule is Cc1cc(-c2ccc(C(F)(F)F)cc2)cc(-c2nc(NS(=O)(=O)c3cccs3)cs2)n1. The van der Waals surface area contributed by atoms with Crippen LogP contribution in [0.5, 0.6) is 0 Å². The molecule has 0 fully saturated rings. The number of hydrogen-bond donors (Lipinski definition) is 1. The van der Waals surface area contributed by atoms with E-state index in [0.29, 0.717) is 27.5 Å². The molecule has 0 aliphatic heterocycles. The van der Waals surface area contributed by atoms with Gasteiger partial charge < -0.3 is 0 Å². The molecule has 160 valence electrons. The highest BCUT2D eigenvalue weighted by Crippen LogP contribution is 2.33. The van der Waals surface area contributed by atoms with E-state index in [2.05, 4.69) is 14.7 Å². The normalized spacial score (nSPS) is 12.1. The first kappa shape index (κ1) is 21.5. The predicted molar refractivity (Wildman–Crippen MR) is 116 cm³/mol. The lowest BCUT2D eigenvalue weighted by Crippen LogP contribution is -2.11. The molecule has 1 N–H and O–H groups in total. The summed E-state index contributed by atoms with van der Waals surface area (Å²) in [6.45, 7) is 1.77. The van der Waals surface area contributed by atoms with Crippen LogP contribution in [-0.2, 0) is 16.2 Å². The second-order valence-corrected chi connectivity index (χ2v) is 10.2. The fourth-order valence-electron chi connectivity index (χ4n) is 2.84. The summed E-state index contributed by atoms with van der Waals surface area (Å²) >= 11 is 2.31. The van der Waals surface area contributed by atoms with Crippen molar-refractivity contribution in [1.82, 2.24) is 9.97 Å². The van der Waals surface area contributed by atoms with E-state index < -0.39 is 21.8 Å². The van der Waals surface area contributed by atoms with Gasteiger partial charge in [0.15, 0.2) is 5.82 Å². The van der Waals surface area contributed by atoms with Crippen LogP contribution < -0.4 is 4.72 Å². The maximum absolute atomic E-state index is 12.8. The minimum absolute atomic E-state index is 0.174. The van der Waals surface area contributed by atoms with Gasteiger partial charge in [0.25, 0.3) is 10.0 Å². The first-order valence-electron chi connectivity index (χ1n) is 8.80. The number of aromatic nitrogens is 2. The number of rotatable bonds is 5. The van der Waals surface area contributed by atoms with Gasteiger partial charge in [0.2, 0.25) is 0 Å². The largest absolute Gasteiger partial charge is 0.416 e. The first-order valence-corrected chi connectivity index (χ1v) is 12.0. The number of thiazole rings is 1. The first-order chi connectivity index (χ1) is 14.6. The Balaban J connectivity index is 1.62. The van der Waals surface area contributed by atoms with Crippen molar-refractivity contribution in [2.45, 2.75) is 17.3 Å². The number of nitrogens with one attached hydrogen (secondary N) is 1. The van der Waals surface area contributed by atoms with Gasteiger partial charge in [-0.25, -0.2) is 13.4 Å². The van der Waals surface area contributed by atoms with Gasteiger partial charge in [-0.15, -0.1) is 22.7 Å². The molecule has 11 heteroatoms. The fourth-order valence-corrected chi connectivity index (χ4v) is 5.61. The quantitative estimate of drug-likeness (QED) is 0.376. The standard InChI is InChI=1S/C20H14F3N3O2S3/c1-12-9-14(13-4-6-15(7-5-13)20(21,22)23)10-16(24-12)19-25-17(11-30-19)26-31(27,28)18-3-2-8-29-18/h2-11,26H,1H3. The number of thiophene rings is 1. The summed E-state index contributed by atoms with van der Waals surface area (Å²) in [5.74, 6) is 0.174. The number of alkyl halides is 3. The third-order valence-electron chi connectivity index (χ3n) is 4.22. The molecule has 0 bridgehead atoms. The van der Waals surface area contributed by atoms with Crippen LogP contribution in [0.2, 0.25) is 0 Å². The van der Waals surface area contributed by atoms with E-state index in [9.17, 15) is 21.6 Å². The monoisotopic (exact) mass is 481 g/mol. The van der Waals surface area contributed by atoms with Gasteiger partial charge in [0, 0.05) is 11.1 Å². The Labute approximate surface area is 184 Å². The van der Waals surface area contributed by atoms with Crippen LogP contribution in [0.15, 0.2) is 63.5 Å².